The van der Waals surface area contributed by atoms with Crippen LogP contribution in [0.3, 0.4) is 0 Å². The summed E-state index contributed by atoms with van der Waals surface area (Å²) in [5.74, 6) is 0.746. The molecule has 1 aromatic rings. The summed E-state index contributed by atoms with van der Waals surface area (Å²) in [5, 5.41) is 3.36. The van der Waals surface area contributed by atoms with Crippen LogP contribution in [0.1, 0.15) is 36.1 Å². The Bertz CT molecular complexity index is 400. The maximum absolute atomic E-state index is 3.36. The molecular formula is C16H26N2. The first-order valence-corrected chi connectivity index (χ1v) is 7.13. The van der Waals surface area contributed by atoms with Crippen LogP contribution in [0.4, 0.5) is 0 Å². The van der Waals surface area contributed by atoms with E-state index >= 15 is 0 Å². The minimum Gasteiger partial charge on any atom is -0.319 e. The molecule has 1 saturated heterocycles. The van der Waals surface area contributed by atoms with Crippen LogP contribution in [0.25, 0.3) is 0 Å². The third-order valence-electron chi connectivity index (χ3n) is 4.46. The van der Waals surface area contributed by atoms with Gasteiger partial charge in [0.2, 0.25) is 0 Å². The molecule has 0 bridgehead atoms. The summed E-state index contributed by atoms with van der Waals surface area (Å²) in [5.41, 5.74) is 4.43. The van der Waals surface area contributed by atoms with E-state index in [9.17, 15) is 0 Å². The molecule has 0 aromatic heterocycles. The lowest BCUT2D eigenvalue weighted by atomic mass is 9.89. The molecule has 1 heterocycles. The number of hydrogen-bond acceptors (Lipinski definition) is 2. The highest BCUT2D eigenvalue weighted by atomic mass is 15.2. The molecule has 1 N–H and O–H groups in total. The summed E-state index contributed by atoms with van der Waals surface area (Å²) in [7, 11) is 2.06. The highest BCUT2D eigenvalue weighted by Crippen LogP contribution is 2.38. The molecule has 2 nitrogen and oxygen atoms in total. The van der Waals surface area contributed by atoms with Gasteiger partial charge in [0.1, 0.15) is 0 Å². The van der Waals surface area contributed by atoms with Gasteiger partial charge >= 0.3 is 0 Å². The Morgan fingerprint density at radius 2 is 2.11 bits per heavy atom. The van der Waals surface area contributed by atoms with Crippen molar-refractivity contribution in [2.75, 3.05) is 26.7 Å². The zero-order chi connectivity index (χ0) is 13.1. The first-order chi connectivity index (χ1) is 8.69. The Morgan fingerprint density at radius 3 is 2.78 bits per heavy atom. The smallest absolute Gasteiger partial charge is 0.0391 e. The molecule has 2 atom stereocenters. The fourth-order valence-corrected chi connectivity index (χ4v) is 3.30. The van der Waals surface area contributed by atoms with Crippen molar-refractivity contribution in [1.29, 1.82) is 0 Å². The van der Waals surface area contributed by atoms with Gasteiger partial charge in [0, 0.05) is 6.04 Å². The lowest BCUT2D eigenvalue weighted by molar-refractivity contribution is 0.237. The third kappa shape index (κ3) is 2.45. The quantitative estimate of drug-likeness (QED) is 0.879. The number of nitrogens with one attached hydrogen (secondary N) is 1. The molecule has 0 aliphatic carbocycles. The van der Waals surface area contributed by atoms with Crippen molar-refractivity contribution in [1.82, 2.24) is 10.2 Å². The minimum atomic E-state index is 0.599. The molecule has 1 aliphatic rings. The van der Waals surface area contributed by atoms with Crippen LogP contribution in [0, 0.1) is 19.8 Å². The van der Waals surface area contributed by atoms with E-state index in [1.165, 1.54) is 29.7 Å². The number of benzene rings is 1. The zero-order valence-corrected chi connectivity index (χ0v) is 12.2. The molecule has 0 radical (unpaired) electrons. The van der Waals surface area contributed by atoms with E-state index in [0.29, 0.717) is 6.04 Å². The predicted octanol–water partition coefficient (Wildman–Crippen LogP) is 2.91. The van der Waals surface area contributed by atoms with Crippen LogP contribution in [0.15, 0.2) is 18.2 Å². The van der Waals surface area contributed by atoms with Gasteiger partial charge in [-0.25, -0.2) is 0 Å². The average Bonchev–Trinajstić information content (AvgIpc) is 2.76. The highest BCUT2D eigenvalue weighted by Gasteiger charge is 2.34. The molecule has 18 heavy (non-hydrogen) atoms. The van der Waals surface area contributed by atoms with E-state index in [-0.39, 0.29) is 0 Å². The standard InChI is InChI=1S/C16H26N2/c1-5-18-10-9-14(11-17-4)16(18)15-8-6-7-12(2)13(15)3/h6-8,14,16-17H,5,9-11H2,1-4H3. The zero-order valence-electron chi connectivity index (χ0n) is 12.2. The molecule has 2 rings (SSSR count). The number of rotatable bonds is 4. The van der Waals surface area contributed by atoms with Crippen molar-refractivity contribution in [3.63, 3.8) is 0 Å². The van der Waals surface area contributed by atoms with E-state index < -0.39 is 0 Å². The van der Waals surface area contributed by atoms with E-state index in [0.717, 1.165) is 19.0 Å². The van der Waals surface area contributed by atoms with Crippen molar-refractivity contribution >= 4 is 0 Å². The number of hydrogen-bond donors (Lipinski definition) is 1. The first kappa shape index (κ1) is 13.6. The summed E-state index contributed by atoms with van der Waals surface area (Å²) in [4.78, 5) is 2.63. The van der Waals surface area contributed by atoms with Crippen LogP contribution in [0.5, 0.6) is 0 Å². The van der Waals surface area contributed by atoms with Crippen molar-refractivity contribution in [3.8, 4) is 0 Å². The van der Waals surface area contributed by atoms with Gasteiger partial charge in [-0.1, -0.05) is 25.1 Å². The molecule has 1 aromatic carbocycles. The van der Waals surface area contributed by atoms with E-state index in [1.807, 2.05) is 0 Å². The van der Waals surface area contributed by atoms with Crippen LogP contribution in [-0.2, 0) is 0 Å². The van der Waals surface area contributed by atoms with Crippen LogP contribution in [0.2, 0.25) is 0 Å². The molecule has 1 aliphatic heterocycles. The summed E-state index contributed by atoms with van der Waals surface area (Å²) in [6.07, 6.45) is 1.31. The molecule has 2 unspecified atom stereocenters. The van der Waals surface area contributed by atoms with Gasteiger partial charge in [-0.3, -0.25) is 4.90 Å². The molecule has 0 amide bonds. The minimum absolute atomic E-state index is 0.599. The Hall–Kier alpha value is -0.860. The second-order valence-corrected chi connectivity index (χ2v) is 5.47. The van der Waals surface area contributed by atoms with Gasteiger partial charge in [-0.05, 0) is 69.6 Å². The normalized spacial score (nSPS) is 24.7. The highest BCUT2D eigenvalue weighted by molar-refractivity contribution is 5.36. The molecule has 2 heteroatoms. The lowest BCUT2D eigenvalue weighted by Crippen LogP contribution is -2.29. The Kier molecular flexibility index (Phi) is 4.41. The Balaban J connectivity index is 2.34. The second kappa shape index (κ2) is 5.85. The van der Waals surface area contributed by atoms with Crippen molar-refractivity contribution in [2.24, 2.45) is 5.92 Å². The summed E-state index contributed by atoms with van der Waals surface area (Å²) in [6.45, 7) is 10.3. The fourth-order valence-electron chi connectivity index (χ4n) is 3.30. The van der Waals surface area contributed by atoms with Crippen LogP contribution in [-0.4, -0.2) is 31.6 Å². The third-order valence-corrected chi connectivity index (χ3v) is 4.46. The van der Waals surface area contributed by atoms with Gasteiger partial charge in [-0.15, -0.1) is 0 Å². The monoisotopic (exact) mass is 246 g/mol. The van der Waals surface area contributed by atoms with Crippen LogP contribution < -0.4 is 5.32 Å². The van der Waals surface area contributed by atoms with Crippen molar-refractivity contribution < 1.29 is 0 Å². The topological polar surface area (TPSA) is 15.3 Å². The molecule has 0 spiro atoms. The molecule has 100 valence electrons. The average molecular weight is 246 g/mol. The first-order valence-electron chi connectivity index (χ1n) is 7.13. The molecule has 0 saturated carbocycles. The van der Waals surface area contributed by atoms with E-state index in [2.05, 4.69) is 56.2 Å². The number of aryl methyl sites for hydroxylation is 1. The van der Waals surface area contributed by atoms with Gasteiger partial charge in [0.15, 0.2) is 0 Å². The fraction of sp³-hybridized carbons (Fsp3) is 0.625. The van der Waals surface area contributed by atoms with Gasteiger partial charge in [-0.2, -0.15) is 0 Å². The molecule has 1 fully saturated rings. The van der Waals surface area contributed by atoms with Gasteiger partial charge in [0.05, 0.1) is 0 Å². The van der Waals surface area contributed by atoms with Gasteiger partial charge in [0.25, 0.3) is 0 Å². The molecular weight excluding hydrogens is 220 g/mol. The summed E-state index contributed by atoms with van der Waals surface area (Å²) in [6, 6.07) is 7.35. The summed E-state index contributed by atoms with van der Waals surface area (Å²) >= 11 is 0. The Labute approximate surface area is 111 Å². The largest absolute Gasteiger partial charge is 0.319 e. The van der Waals surface area contributed by atoms with Crippen LogP contribution >= 0.6 is 0 Å². The maximum atomic E-state index is 3.36. The predicted molar refractivity (Wildman–Crippen MR) is 77.9 cm³/mol. The van der Waals surface area contributed by atoms with E-state index in [1.54, 1.807) is 0 Å². The van der Waals surface area contributed by atoms with E-state index in [4.69, 9.17) is 0 Å². The summed E-state index contributed by atoms with van der Waals surface area (Å²) < 4.78 is 0. The lowest BCUT2D eigenvalue weighted by Gasteiger charge is -2.29. The second-order valence-electron chi connectivity index (χ2n) is 5.47. The SMILES string of the molecule is CCN1CCC(CNC)C1c1cccc(C)c1C. The number of likely N-dealkylation sites (tertiary alicyclic amines) is 1. The number of nitrogens with zero attached hydrogens (tertiary/aromatic N) is 1. The maximum Gasteiger partial charge on any atom is 0.0391 e. The van der Waals surface area contributed by atoms with Crippen molar-refractivity contribution in [2.45, 2.75) is 33.2 Å². The Morgan fingerprint density at radius 1 is 1.33 bits per heavy atom. The van der Waals surface area contributed by atoms with Gasteiger partial charge < -0.3 is 5.32 Å². The van der Waals surface area contributed by atoms with Crippen molar-refractivity contribution in [3.05, 3.63) is 34.9 Å².